The summed E-state index contributed by atoms with van der Waals surface area (Å²) in [7, 11) is 0. The minimum atomic E-state index is 0.397. The molecule has 0 aliphatic heterocycles. The van der Waals surface area contributed by atoms with E-state index in [4.69, 9.17) is 11.6 Å². The number of nitrogens with zero attached hydrogens (tertiary/aromatic N) is 1. The van der Waals surface area contributed by atoms with Gasteiger partial charge >= 0.3 is 0 Å². The third kappa shape index (κ3) is 4.97. The SMILES string of the molecule is CCNC(CCN(CC)CC)c1cccc(Cl)c1. The Morgan fingerprint density at radius 2 is 1.94 bits per heavy atom. The van der Waals surface area contributed by atoms with Gasteiger partial charge in [-0.2, -0.15) is 0 Å². The van der Waals surface area contributed by atoms with Crippen molar-refractivity contribution in [3.8, 4) is 0 Å². The maximum atomic E-state index is 6.07. The lowest BCUT2D eigenvalue weighted by Gasteiger charge is -2.23. The summed E-state index contributed by atoms with van der Waals surface area (Å²) in [5, 5.41) is 4.36. The van der Waals surface area contributed by atoms with Gasteiger partial charge in [-0.15, -0.1) is 0 Å². The maximum absolute atomic E-state index is 6.07. The van der Waals surface area contributed by atoms with Gasteiger partial charge in [-0.3, -0.25) is 0 Å². The highest BCUT2D eigenvalue weighted by Gasteiger charge is 2.11. The molecule has 0 fully saturated rings. The quantitative estimate of drug-likeness (QED) is 0.773. The lowest BCUT2D eigenvalue weighted by molar-refractivity contribution is 0.282. The third-order valence-corrected chi connectivity index (χ3v) is 3.57. The van der Waals surface area contributed by atoms with E-state index < -0.39 is 0 Å². The van der Waals surface area contributed by atoms with Crippen molar-refractivity contribution in [2.45, 2.75) is 33.2 Å². The zero-order chi connectivity index (χ0) is 13.4. The van der Waals surface area contributed by atoms with Gasteiger partial charge in [-0.05, 0) is 50.3 Å². The molecule has 0 spiro atoms. The second-order valence-electron chi connectivity index (χ2n) is 4.48. The van der Waals surface area contributed by atoms with Gasteiger partial charge in [0, 0.05) is 11.1 Å². The summed E-state index contributed by atoms with van der Waals surface area (Å²) < 4.78 is 0. The van der Waals surface area contributed by atoms with E-state index in [0.29, 0.717) is 6.04 Å². The van der Waals surface area contributed by atoms with Crippen LogP contribution in [0.1, 0.15) is 38.8 Å². The van der Waals surface area contributed by atoms with E-state index >= 15 is 0 Å². The monoisotopic (exact) mass is 268 g/mol. The van der Waals surface area contributed by atoms with Crippen molar-refractivity contribution in [1.29, 1.82) is 0 Å². The van der Waals surface area contributed by atoms with Crippen molar-refractivity contribution in [1.82, 2.24) is 10.2 Å². The molecule has 18 heavy (non-hydrogen) atoms. The van der Waals surface area contributed by atoms with E-state index in [1.165, 1.54) is 5.56 Å². The molecular weight excluding hydrogens is 244 g/mol. The normalized spacial score (nSPS) is 12.9. The highest BCUT2D eigenvalue weighted by Crippen LogP contribution is 2.20. The van der Waals surface area contributed by atoms with Crippen LogP contribution < -0.4 is 5.32 Å². The Morgan fingerprint density at radius 3 is 2.50 bits per heavy atom. The Balaban J connectivity index is 2.64. The summed E-state index contributed by atoms with van der Waals surface area (Å²) in [6, 6.07) is 8.57. The zero-order valence-electron chi connectivity index (χ0n) is 11.7. The molecule has 0 aromatic heterocycles. The fourth-order valence-corrected chi connectivity index (χ4v) is 2.41. The Labute approximate surface area is 116 Å². The van der Waals surface area contributed by atoms with Gasteiger partial charge in [-0.25, -0.2) is 0 Å². The highest BCUT2D eigenvalue weighted by atomic mass is 35.5. The zero-order valence-corrected chi connectivity index (χ0v) is 12.5. The molecule has 0 saturated carbocycles. The van der Waals surface area contributed by atoms with Crippen LogP contribution in [0.15, 0.2) is 24.3 Å². The van der Waals surface area contributed by atoms with Crippen LogP contribution in [0.4, 0.5) is 0 Å². The summed E-state index contributed by atoms with van der Waals surface area (Å²) in [5.41, 5.74) is 1.29. The Morgan fingerprint density at radius 1 is 1.22 bits per heavy atom. The molecule has 0 heterocycles. The second kappa shape index (κ2) is 8.52. The van der Waals surface area contributed by atoms with Crippen LogP contribution in [-0.4, -0.2) is 31.1 Å². The predicted molar refractivity (Wildman–Crippen MR) is 80.3 cm³/mol. The molecule has 1 atom stereocenters. The lowest BCUT2D eigenvalue weighted by Crippen LogP contribution is -2.29. The number of nitrogens with one attached hydrogen (secondary N) is 1. The first kappa shape index (κ1) is 15.5. The van der Waals surface area contributed by atoms with E-state index in [2.05, 4.69) is 43.1 Å². The molecule has 0 amide bonds. The van der Waals surface area contributed by atoms with Crippen LogP contribution in [0.25, 0.3) is 0 Å². The smallest absolute Gasteiger partial charge is 0.0409 e. The average Bonchev–Trinajstić information content (AvgIpc) is 2.38. The highest BCUT2D eigenvalue weighted by molar-refractivity contribution is 6.30. The number of hydrogen-bond acceptors (Lipinski definition) is 2. The molecule has 0 aliphatic carbocycles. The van der Waals surface area contributed by atoms with Gasteiger partial charge in [0.25, 0.3) is 0 Å². The summed E-state index contributed by atoms with van der Waals surface area (Å²) in [5.74, 6) is 0. The molecule has 0 saturated heterocycles. The van der Waals surface area contributed by atoms with E-state index in [9.17, 15) is 0 Å². The van der Waals surface area contributed by atoms with Crippen molar-refractivity contribution in [3.63, 3.8) is 0 Å². The van der Waals surface area contributed by atoms with Gasteiger partial charge in [0.05, 0.1) is 0 Å². The van der Waals surface area contributed by atoms with Crippen LogP contribution in [-0.2, 0) is 0 Å². The van der Waals surface area contributed by atoms with E-state index in [-0.39, 0.29) is 0 Å². The molecule has 2 nitrogen and oxygen atoms in total. The summed E-state index contributed by atoms with van der Waals surface area (Å²) >= 11 is 6.07. The molecule has 0 bridgehead atoms. The van der Waals surface area contributed by atoms with E-state index in [1.807, 2.05) is 12.1 Å². The van der Waals surface area contributed by atoms with Gasteiger partial charge < -0.3 is 10.2 Å². The standard InChI is InChI=1S/C15H25ClN2/c1-4-17-15(10-11-18(5-2)6-3)13-8-7-9-14(16)12-13/h7-9,12,15,17H,4-6,10-11H2,1-3H3. The molecule has 1 unspecified atom stereocenters. The molecule has 1 aromatic carbocycles. The summed E-state index contributed by atoms with van der Waals surface area (Å²) in [6.07, 6.45) is 1.12. The molecule has 1 rings (SSSR count). The largest absolute Gasteiger partial charge is 0.310 e. The third-order valence-electron chi connectivity index (χ3n) is 3.33. The molecule has 0 aliphatic rings. The molecule has 1 N–H and O–H groups in total. The summed E-state index contributed by atoms with van der Waals surface area (Å²) in [6.45, 7) is 10.9. The number of halogens is 1. The van der Waals surface area contributed by atoms with Crippen LogP contribution in [0.2, 0.25) is 5.02 Å². The van der Waals surface area contributed by atoms with Crippen molar-refractivity contribution in [3.05, 3.63) is 34.9 Å². The molecule has 0 radical (unpaired) electrons. The average molecular weight is 269 g/mol. The Hall–Kier alpha value is -0.570. The van der Waals surface area contributed by atoms with Crippen molar-refractivity contribution >= 4 is 11.6 Å². The Kier molecular flexibility index (Phi) is 7.33. The van der Waals surface area contributed by atoms with Crippen LogP contribution in [0, 0.1) is 0 Å². The van der Waals surface area contributed by atoms with Crippen molar-refractivity contribution < 1.29 is 0 Å². The first-order valence-corrected chi connectivity index (χ1v) is 7.30. The predicted octanol–water partition coefficient (Wildman–Crippen LogP) is 3.72. The van der Waals surface area contributed by atoms with Gasteiger partial charge in [-0.1, -0.05) is 44.5 Å². The van der Waals surface area contributed by atoms with Crippen molar-refractivity contribution in [2.24, 2.45) is 0 Å². The fourth-order valence-electron chi connectivity index (χ4n) is 2.21. The lowest BCUT2D eigenvalue weighted by atomic mass is 10.0. The molecule has 3 heteroatoms. The molecular formula is C15H25ClN2. The van der Waals surface area contributed by atoms with Gasteiger partial charge in [0.15, 0.2) is 0 Å². The first-order valence-electron chi connectivity index (χ1n) is 6.92. The van der Waals surface area contributed by atoms with Crippen molar-refractivity contribution in [2.75, 3.05) is 26.2 Å². The Bertz CT molecular complexity index is 337. The minimum absolute atomic E-state index is 0.397. The van der Waals surface area contributed by atoms with Crippen LogP contribution in [0.5, 0.6) is 0 Å². The molecule has 102 valence electrons. The molecule has 1 aromatic rings. The van der Waals surface area contributed by atoms with Gasteiger partial charge in [0.1, 0.15) is 0 Å². The van der Waals surface area contributed by atoms with E-state index in [1.54, 1.807) is 0 Å². The minimum Gasteiger partial charge on any atom is -0.310 e. The summed E-state index contributed by atoms with van der Waals surface area (Å²) in [4.78, 5) is 2.45. The van der Waals surface area contributed by atoms with Crippen LogP contribution in [0.3, 0.4) is 0 Å². The topological polar surface area (TPSA) is 15.3 Å². The second-order valence-corrected chi connectivity index (χ2v) is 4.92. The van der Waals surface area contributed by atoms with E-state index in [0.717, 1.165) is 37.6 Å². The number of benzene rings is 1. The number of rotatable bonds is 8. The fraction of sp³-hybridized carbons (Fsp3) is 0.600. The number of hydrogen-bond donors (Lipinski definition) is 1. The first-order chi connectivity index (χ1) is 8.71. The maximum Gasteiger partial charge on any atom is 0.0409 e. The van der Waals surface area contributed by atoms with Gasteiger partial charge in [0.2, 0.25) is 0 Å². The van der Waals surface area contributed by atoms with Crippen LogP contribution >= 0.6 is 11.6 Å².